The summed E-state index contributed by atoms with van der Waals surface area (Å²) >= 11 is 0. The molecule has 1 aliphatic rings. The predicted molar refractivity (Wildman–Crippen MR) is 57.6 cm³/mol. The monoisotopic (exact) mass is 222 g/mol. The predicted octanol–water partition coefficient (Wildman–Crippen LogP) is 0.914. The molecular formula is C11H14N2O3. The van der Waals surface area contributed by atoms with Gasteiger partial charge in [0.2, 0.25) is 0 Å². The second kappa shape index (κ2) is 4.08. The molecule has 1 aromatic rings. The summed E-state index contributed by atoms with van der Waals surface area (Å²) in [6.07, 6.45) is 4.27. The maximum atomic E-state index is 11.8. The standard InChI is InChI=1S/C11H14N2O3/c1-2-13-6-12-8(5-7-3-4-7)9(10(13)14)11(15)16/h6-7H,2-5H2,1H3,(H,15,16). The lowest BCUT2D eigenvalue weighted by Gasteiger charge is -2.07. The molecule has 0 aromatic carbocycles. The highest BCUT2D eigenvalue weighted by molar-refractivity contribution is 5.88. The zero-order valence-electron chi connectivity index (χ0n) is 9.14. The molecule has 0 aliphatic heterocycles. The quantitative estimate of drug-likeness (QED) is 0.822. The minimum absolute atomic E-state index is 0.156. The first kappa shape index (κ1) is 10.9. The number of aromatic nitrogens is 2. The zero-order chi connectivity index (χ0) is 11.7. The Morgan fingerprint density at radius 3 is 2.81 bits per heavy atom. The molecule has 1 N–H and O–H groups in total. The highest BCUT2D eigenvalue weighted by Gasteiger charge is 2.26. The largest absolute Gasteiger partial charge is 0.477 e. The van der Waals surface area contributed by atoms with E-state index in [9.17, 15) is 9.59 Å². The Labute approximate surface area is 92.7 Å². The average molecular weight is 222 g/mol. The Kier molecular flexibility index (Phi) is 2.77. The van der Waals surface area contributed by atoms with Crippen LogP contribution in [-0.2, 0) is 13.0 Å². The van der Waals surface area contributed by atoms with Crippen LogP contribution in [0.3, 0.4) is 0 Å². The maximum absolute atomic E-state index is 11.8. The SMILES string of the molecule is CCn1cnc(CC2CC2)c(C(=O)O)c1=O. The Bertz CT molecular complexity index is 475. The molecule has 0 amide bonds. The second-order valence-electron chi connectivity index (χ2n) is 4.11. The molecule has 1 aromatic heterocycles. The van der Waals surface area contributed by atoms with Crippen LogP contribution < -0.4 is 5.56 Å². The van der Waals surface area contributed by atoms with Gasteiger partial charge in [-0.1, -0.05) is 0 Å². The van der Waals surface area contributed by atoms with Gasteiger partial charge in [-0.3, -0.25) is 9.36 Å². The first-order valence-corrected chi connectivity index (χ1v) is 5.45. The minimum atomic E-state index is -1.17. The van der Waals surface area contributed by atoms with E-state index in [1.165, 1.54) is 10.9 Å². The number of carboxylic acids is 1. The molecule has 0 spiro atoms. The highest BCUT2D eigenvalue weighted by Crippen LogP contribution is 2.32. The van der Waals surface area contributed by atoms with Gasteiger partial charge in [-0.15, -0.1) is 0 Å². The van der Waals surface area contributed by atoms with Crippen LogP contribution in [0.1, 0.15) is 35.8 Å². The molecule has 1 heterocycles. The van der Waals surface area contributed by atoms with Crippen LogP contribution in [-0.4, -0.2) is 20.6 Å². The van der Waals surface area contributed by atoms with E-state index in [4.69, 9.17) is 5.11 Å². The first-order valence-electron chi connectivity index (χ1n) is 5.45. The maximum Gasteiger partial charge on any atom is 0.343 e. The molecule has 1 aliphatic carbocycles. The van der Waals surface area contributed by atoms with Gasteiger partial charge in [-0.2, -0.15) is 0 Å². The Morgan fingerprint density at radius 2 is 2.31 bits per heavy atom. The van der Waals surface area contributed by atoms with Gasteiger partial charge >= 0.3 is 5.97 Å². The molecule has 2 rings (SSSR count). The third-order valence-corrected chi connectivity index (χ3v) is 2.85. The van der Waals surface area contributed by atoms with Crippen molar-refractivity contribution in [3.8, 4) is 0 Å². The highest BCUT2D eigenvalue weighted by atomic mass is 16.4. The van der Waals surface area contributed by atoms with E-state index in [1.54, 1.807) is 6.92 Å². The lowest BCUT2D eigenvalue weighted by molar-refractivity contribution is 0.0692. The van der Waals surface area contributed by atoms with Crippen molar-refractivity contribution in [1.29, 1.82) is 0 Å². The number of carboxylic acid groups (broad SMARTS) is 1. The Morgan fingerprint density at radius 1 is 1.62 bits per heavy atom. The summed E-state index contributed by atoms with van der Waals surface area (Å²) in [5, 5.41) is 9.05. The Hall–Kier alpha value is -1.65. The van der Waals surface area contributed by atoms with Crippen molar-refractivity contribution in [2.75, 3.05) is 0 Å². The van der Waals surface area contributed by atoms with Crippen molar-refractivity contribution in [3.05, 3.63) is 27.9 Å². The van der Waals surface area contributed by atoms with Crippen molar-refractivity contribution >= 4 is 5.97 Å². The molecule has 0 atom stereocenters. The van der Waals surface area contributed by atoms with Crippen LogP contribution in [0.2, 0.25) is 0 Å². The van der Waals surface area contributed by atoms with Crippen LogP contribution in [0.25, 0.3) is 0 Å². The molecule has 5 nitrogen and oxygen atoms in total. The fraction of sp³-hybridized carbons (Fsp3) is 0.545. The molecule has 0 bridgehead atoms. The first-order chi connectivity index (χ1) is 7.63. The summed E-state index contributed by atoms with van der Waals surface area (Å²) < 4.78 is 1.32. The second-order valence-corrected chi connectivity index (χ2v) is 4.11. The molecule has 0 saturated heterocycles. The van der Waals surface area contributed by atoms with E-state index in [2.05, 4.69) is 4.98 Å². The molecule has 1 saturated carbocycles. The van der Waals surface area contributed by atoms with E-state index >= 15 is 0 Å². The summed E-state index contributed by atoms with van der Waals surface area (Å²) in [7, 11) is 0. The Balaban J connectivity index is 2.47. The summed E-state index contributed by atoms with van der Waals surface area (Å²) in [5.74, 6) is -0.654. The van der Waals surface area contributed by atoms with Crippen molar-refractivity contribution in [2.45, 2.75) is 32.7 Å². The van der Waals surface area contributed by atoms with Gasteiger partial charge in [0.05, 0.1) is 12.0 Å². The van der Waals surface area contributed by atoms with Gasteiger partial charge in [0.25, 0.3) is 5.56 Å². The van der Waals surface area contributed by atoms with Crippen molar-refractivity contribution in [1.82, 2.24) is 9.55 Å². The summed E-state index contributed by atoms with van der Waals surface area (Å²) in [4.78, 5) is 27.0. The fourth-order valence-corrected chi connectivity index (χ4v) is 1.71. The number of aryl methyl sites for hydroxylation is 1. The molecule has 16 heavy (non-hydrogen) atoms. The average Bonchev–Trinajstić information content (AvgIpc) is 3.01. The summed E-state index contributed by atoms with van der Waals surface area (Å²) in [6.45, 7) is 2.23. The van der Waals surface area contributed by atoms with E-state index < -0.39 is 11.5 Å². The molecule has 86 valence electrons. The van der Waals surface area contributed by atoms with E-state index in [0.717, 1.165) is 12.8 Å². The van der Waals surface area contributed by atoms with Gasteiger partial charge in [-0.05, 0) is 32.1 Å². The third kappa shape index (κ3) is 1.98. The number of carbonyl (C=O) groups is 1. The number of hydrogen-bond donors (Lipinski definition) is 1. The van der Waals surface area contributed by atoms with Crippen LogP contribution in [0.5, 0.6) is 0 Å². The number of hydrogen-bond acceptors (Lipinski definition) is 3. The minimum Gasteiger partial charge on any atom is -0.477 e. The van der Waals surface area contributed by atoms with Crippen molar-refractivity contribution in [2.24, 2.45) is 5.92 Å². The van der Waals surface area contributed by atoms with E-state index in [-0.39, 0.29) is 5.56 Å². The van der Waals surface area contributed by atoms with E-state index in [0.29, 0.717) is 24.6 Å². The number of nitrogens with zero attached hydrogens (tertiary/aromatic N) is 2. The smallest absolute Gasteiger partial charge is 0.343 e. The topological polar surface area (TPSA) is 72.2 Å². The van der Waals surface area contributed by atoms with Gasteiger partial charge in [-0.25, -0.2) is 9.78 Å². The van der Waals surface area contributed by atoms with Gasteiger partial charge in [0.1, 0.15) is 5.56 Å². The third-order valence-electron chi connectivity index (χ3n) is 2.85. The number of aromatic carboxylic acids is 1. The van der Waals surface area contributed by atoms with Crippen molar-refractivity contribution in [3.63, 3.8) is 0 Å². The normalized spacial score (nSPS) is 15.1. The molecule has 0 radical (unpaired) electrons. The summed E-state index contributed by atoms with van der Waals surface area (Å²) in [5.41, 5.74) is -0.165. The lowest BCUT2D eigenvalue weighted by atomic mass is 10.1. The van der Waals surface area contributed by atoms with Crippen LogP contribution in [0.15, 0.2) is 11.1 Å². The van der Waals surface area contributed by atoms with Gasteiger partial charge < -0.3 is 5.11 Å². The van der Waals surface area contributed by atoms with Gasteiger partial charge in [0.15, 0.2) is 0 Å². The zero-order valence-corrected chi connectivity index (χ0v) is 9.14. The van der Waals surface area contributed by atoms with Gasteiger partial charge in [0, 0.05) is 6.54 Å². The number of rotatable bonds is 4. The molecule has 5 heteroatoms. The van der Waals surface area contributed by atoms with E-state index in [1.807, 2.05) is 0 Å². The molecule has 1 fully saturated rings. The van der Waals surface area contributed by atoms with Crippen LogP contribution in [0.4, 0.5) is 0 Å². The van der Waals surface area contributed by atoms with Crippen LogP contribution in [0, 0.1) is 5.92 Å². The van der Waals surface area contributed by atoms with Crippen molar-refractivity contribution < 1.29 is 9.90 Å². The fourth-order valence-electron chi connectivity index (χ4n) is 1.71. The molecular weight excluding hydrogens is 208 g/mol. The molecule has 0 unspecified atom stereocenters. The lowest BCUT2D eigenvalue weighted by Crippen LogP contribution is -2.28. The summed E-state index contributed by atoms with van der Waals surface area (Å²) in [6, 6.07) is 0. The van der Waals surface area contributed by atoms with Crippen LogP contribution >= 0.6 is 0 Å².